The third-order valence-electron chi connectivity index (χ3n) is 5.30. The van der Waals surface area contributed by atoms with Gasteiger partial charge in [-0.2, -0.15) is 0 Å². The number of rotatable bonds is 10. The number of benzene rings is 3. The van der Waals surface area contributed by atoms with Gasteiger partial charge in [0, 0.05) is 17.8 Å². The van der Waals surface area contributed by atoms with Crippen molar-refractivity contribution in [2.45, 2.75) is 4.90 Å². The fourth-order valence-corrected chi connectivity index (χ4v) is 5.00. The van der Waals surface area contributed by atoms with E-state index in [2.05, 4.69) is 4.72 Å². The van der Waals surface area contributed by atoms with Gasteiger partial charge >= 0.3 is 0 Å². The third kappa shape index (κ3) is 6.16. The van der Waals surface area contributed by atoms with E-state index in [0.717, 1.165) is 0 Å². The van der Waals surface area contributed by atoms with Gasteiger partial charge in [0.1, 0.15) is 27.9 Å². The van der Waals surface area contributed by atoms with Crippen LogP contribution in [0.25, 0.3) is 6.08 Å². The Labute approximate surface area is 218 Å². The molecule has 0 saturated heterocycles. The molecular weight excluding hydrogens is 518 g/mol. The molecule has 0 bridgehead atoms. The fraction of sp³-hybridized carbons (Fsp3) is 0.160. The summed E-state index contributed by atoms with van der Waals surface area (Å²) in [6.45, 7) is 0. The molecule has 0 fully saturated rings. The molecule has 0 atom stereocenters. The number of ether oxygens (including phenoxy) is 4. The first-order chi connectivity index (χ1) is 17.7. The molecule has 0 amide bonds. The van der Waals surface area contributed by atoms with Crippen molar-refractivity contribution in [2.24, 2.45) is 0 Å². The van der Waals surface area contributed by atoms with Crippen molar-refractivity contribution in [3.05, 3.63) is 65.7 Å². The van der Waals surface area contributed by atoms with Crippen molar-refractivity contribution < 1.29 is 31.6 Å². The number of hydrogen-bond acceptors (Lipinski definition) is 9. The number of nitrogens with one attached hydrogen (secondary N) is 1. The summed E-state index contributed by atoms with van der Waals surface area (Å²) in [5.74, 6) is 1.75. The number of sulfonamides is 1. The lowest BCUT2D eigenvalue weighted by Gasteiger charge is -2.15. The van der Waals surface area contributed by atoms with Crippen LogP contribution in [0.1, 0.15) is 11.1 Å². The van der Waals surface area contributed by atoms with Gasteiger partial charge in [-0.1, -0.05) is 0 Å². The van der Waals surface area contributed by atoms with Crippen molar-refractivity contribution in [3.63, 3.8) is 0 Å². The van der Waals surface area contributed by atoms with E-state index in [-0.39, 0.29) is 33.3 Å². The van der Waals surface area contributed by atoms with Gasteiger partial charge in [0.15, 0.2) is 0 Å². The Morgan fingerprint density at radius 1 is 0.865 bits per heavy atom. The van der Waals surface area contributed by atoms with Crippen LogP contribution in [-0.4, -0.2) is 45.9 Å². The molecule has 5 N–H and O–H groups in total. The quantitative estimate of drug-likeness (QED) is 0.151. The molecule has 0 aliphatic heterocycles. The van der Waals surface area contributed by atoms with Crippen molar-refractivity contribution >= 4 is 49.3 Å². The molecule has 3 rings (SSSR count). The van der Waals surface area contributed by atoms with Crippen LogP contribution < -0.4 is 35.1 Å². The van der Waals surface area contributed by atoms with Crippen LogP contribution in [0.2, 0.25) is 0 Å². The first kappa shape index (κ1) is 27.4. The Hall–Kier alpha value is -4.16. The maximum atomic E-state index is 13.0. The summed E-state index contributed by atoms with van der Waals surface area (Å²) in [6.07, 6.45) is 3.25. The highest BCUT2D eigenvalue weighted by atomic mass is 32.2. The van der Waals surface area contributed by atoms with Crippen molar-refractivity contribution in [1.29, 1.82) is 0 Å². The minimum atomic E-state index is -4.09. The number of hydrogen-bond donors (Lipinski definition) is 3. The van der Waals surface area contributed by atoms with Crippen LogP contribution in [0, 0.1) is 0 Å². The van der Waals surface area contributed by atoms with Crippen LogP contribution >= 0.6 is 0 Å². The third-order valence-corrected chi connectivity index (χ3v) is 7.29. The van der Waals surface area contributed by atoms with E-state index >= 15 is 0 Å². The summed E-state index contributed by atoms with van der Waals surface area (Å²) in [7, 11) is 1.86. The molecule has 10 nitrogen and oxygen atoms in total. The Balaban J connectivity index is 2.01. The summed E-state index contributed by atoms with van der Waals surface area (Å²) < 4.78 is 62.1. The molecule has 0 radical (unpaired) electrons. The van der Waals surface area contributed by atoms with Gasteiger partial charge in [-0.3, -0.25) is 4.72 Å². The molecule has 37 heavy (non-hydrogen) atoms. The van der Waals surface area contributed by atoms with Gasteiger partial charge in [0.05, 0.1) is 61.5 Å². The van der Waals surface area contributed by atoms with Crippen LogP contribution in [0.5, 0.6) is 23.0 Å². The average Bonchev–Trinajstić information content (AvgIpc) is 2.88. The molecule has 0 aromatic heterocycles. The van der Waals surface area contributed by atoms with E-state index in [0.29, 0.717) is 38.9 Å². The van der Waals surface area contributed by atoms with E-state index in [4.69, 9.17) is 30.4 Å². The fourth-order valence-electron chi connectivity index (χ4n) is 3.48. The molecule has 196 valence electrons. The summed E-state index contributed by atoms with van der Waals surface area (Å²) in [5.41, 5.74) is 13.0. The lowest BCUT2D eigenvalue weighted by Crippen LogP contribution is -2.16. The zero-order valence-electron chi connectivity index (χ0n) is 20.6. The van der Waals surface area contributed by atoms with E-state index in [1.807, 2.05) is 0 Å². The molecule has 12 heteroatoms. The van der Waals surface area contributed by atoms with Gasteiger partial charge in [-0.25, -0.2) is 12.6 Å². The zero-order valence-corrected chi connectivity index (χ0v) is 22.2. The van der Waals surface area contributed by atoms with Crippen LogP contribution in [0.3, 0.4) is 0 Å². The monoisotopic (exact) mass is 545 g/mol. The Morgan fingerprint density at radius 2 is 1.51 bits per heavy atom. The van der Waals surface area contributed by atoms with Crippen LogP contribution in [0.15, 0.2) is 59.5 Å². The number of nitrogens with two attached hydrogens (primary N) is 2. The highest BCUT2D eigenvalue weighted by Crippen LogP contribution is 2.35. The standard InChI is InChI=1S/C25H27N3O7S2/c1-32-17-13-22(34-3)18(23(14-17)35-4)7-9-24(36-29)15-5-8-21(33-2)20(11-15)28-37(30,31)25-10-6-16(26)12-19(25)27/h5-14,28H,26-27H2,1-4H3. The average molecular weight is 546 g/mol. The molecule has 0 aliphatic carbocycles. The van der Waals surface area contributed by atoms with Crippen LogP contribution in [0.4, 0.5) is 17.1 Å². The Kier molecular flexibility index (Phi) is 8.69. The summed E-state index contributed by atoms with van der Waals surface area (Å²) in [6, 6.07) is 12.2. The molecule has 0 aliphatic rings. The second-order valence-corrected chi connectivity index (χ2v) is 9.80. The van der Waals surface area contributed by atoms with Crippen LogP contribution in [-0.2, 0) is 21.3 Å². The predicted octanol–water partition coefficient (Wildman–Crippen LogP) is 3.13. The largest absolute Gasteiger partial charge is 0.496 e. The molecule has 0 saturated carbocycles. The van der Waals surface area contributed by atoms with Gasteiger partial charge < -0.3 is 30.4 Å². The normalized spacial score (nSPS) is 11.1. The molecule has 0 unspecified atom stereocenters. The lowest BCUT2D eigenvalue weighted by molar-refractivity contribution is 0.374. The second kappa shape index (κ2) is 11.7. The minimum absolute atomic E-state index is 0.00435. The Bertz CT molecular complexity index is 1470. The maximum Gasteiger partial charge on any atom is 0.264 e. The summed E-state index contributed by atoms with van der Waals surface area (Å²) in [5, 5.41) is 0. The van der Waals surface area contributed by atoms with E-state index in [1.54, 1.807) is 36.4 Å². The maximum absolute atomic E-state index is 13.0. The SMILES string of the molecule is COc1cc(OC)c(C=CC(=S=O)c2ccc(OC)c(NS(=O)(=O)c3ccc(N)cc3N)c2)c(OC)c1. The number of anilines is 3. The van der Waals surface area contributed by atoms with E-state index in [1.165, 1.54) is 52.7 Å². The number of methoxy groups -OCH3 is 4. The molecule has 0 spiro atoms. The second-order valence-electron chi connectivity index (χ2n) is 7.54. The topological polar surface area (TPSA) is 152 Å². The summed E-state index contributed by atoms with van der Waals surface area (Å²) in [4.78, 5) is 0.158. The molecule has 3 aromatic rings. The summed E-state index contributed by atoms with van der Waals surface area (Å²) >= 11 is 0.239. The van der Waals surface area contributed by atoms with E-state index in [9.17, 15) is 12.6 Å². The molecular formula is C25H27N3O7S2. The number of allylic oxidation sites excluding steroid dienone is 1. The van der Waals surface area contributed by atoms with Gasteiger partial charge in [-0.15, -0.1) is 0 Å². The predicted molar refractivity (Wildman–Crippen MR) is 146 cm³/mol. The number of nitrogen functional groups attached to an aromatic ring is 2. The minimum Gasteiger partial charge on any atom is -0.496 e. The lowest BCUT2D eigenvalue weighted by atomic mass is 10.1. The first-order valence-corrected chi connectivity index (χ1v) is 12.9. The molecule has 0 heterocycles. The van der Waals surface area contributed by atoms with Crippen molar-refractivity contribution in [3.8, 4) is 23.0 Å². The molecule has 3 aromatic carbocycles. The highest BCUT2D eigenvalue weighted by molar-refractivity contribution is 7.92. The van der Waals surface area contributed by atoms with Gasteiger partial charge in [-0.05, 0) is 54.1 Å². The van der Waals surface area contributed by atoms with Crippen molar-refractivity contribution in [2.75, 3.05) is 44.6 Å². The Morgan fingerprint density at radius 3 is 2.05 bits per heavy atom. The smallest absolute Gasteiger partial charge is 0.264 e. The first-order valence-electron chi connectivity index (χ1n) is 10.7. The van der Waals surface area contributed by atoms with Crippen molar-refractivity contribution in [1.82, 2.24) is 0 Å². The van der Waals surface area contributed by atoms with Gasteiger partial charge in [0.2, 0.25) is 0 Å². The zero-order chi connectivity index (χ0) is 27.2. The highest BCUT2D eigenvalue weighted by Gasteiger charge is 2.20. The van der Waals surface area contributed by atoms with Gasteiger partial charge in [0.25, 0.3) is 10.0 Å². The van der Waals surface area contributed by atoms with E-state index < -0.39 is 10.0 Å².